The second-order valence-corrected chi connectivity index (χ2v) is 3.31. The molecule has 0 heterocycles. The monoisotopic (exact) mass is 243 g/mol. The number of hydrogen-bond donors (Lipinski definition) is 2. The van der Waals surface area contributed by atoms with Crippen molar-refractivity contribution in [3.8, 4) is 5.75 Å². The molecule has 1 aromatic rings. The van der Waals surface area contributed by atoms with Crippen LogP contribution in [0.25, 0.3) is 0 Å². The quantitative estimate of drug-likeness (QED) is 0.606. The highest BCUT2D eigenvalue weighted by atomic mass is 19.3. The van der Waals surface area contributed by atoms with E-state index in [0.717, 1.165) is 12.0 Å². The molecule has 94 valence electrons. The summed E-state index contributed by atoms with van der Waals surface area (Å²) in [5.41, 5.74) is 6.45. The highest BCUT2D eigenvalue weighted by Crippen LogP contribution is 2.14. The number of halogens is 2. The molecule has 0 radical (unpaired) electrons. The summed E-state index contributed by atoms with van der Waals surface area (Å²) in [5, 5.41) is 2.90. The van der Waals surface area contributed by atoms with E-state index in [1.165, 1.54) is 12.1 Å². The first-order chi connectivity index (χ1) is 8.11. The molecule has 0 atom stereocenters. The van der Waals surface area contributed by atoms with Crippen LogP contribution in [0.2, 0.25) is 0 Å². The molecule has 0 fully saturated rings. The van der Waals surface area contributed by atoms with Gasteiger partial charge in [-0.15, -0.1) is 0 Å². The van der Waals surface area contributed by atoms with Crippen LogP contribution in [0.1, 0.15) is 5.56 Å². The van der Waals surface area contributed by atoms with Crippen LogP contribution in [-0.2, 0) is 6.42 Å². The fraction of sp³-hybridized carbons (Fsp3) is 0.364. The van der Waals surface area contributed by atoms with E-state index in [0.29, 0.717) is 12.5 Å². The number of hydrogen-bond acceptors (Lipinski definition) is 2. The molecule has 0 saturated heterocycles. The molecule has 0 aliphatic heterocycles. The minimum Gasteiger partial charge on any atom is -0.435 e. The largest absolute Gasteiger partial charge is 0.435 e. The van der Waals surface area contributed by atoms with Crippen molar-refractivity contribution in [2.45, 2.75) is 13.0 Å². The number of alkyl halides is 2. The maximum atomic E-state index is 11.9. The van der Waals surface area contributed by atoms with Crippen molar-refractivity contribution in [3.63, 3.8) is 0 Å². The lowest BCUT2D eigenvalue weighted by Gasteiger charge is -2.07. The lowest BCUT2D eigenvalue weighted by molar-refractivity contribution is -0.0498. The van der Waals surface area contributed by atoms with Gasteiger partial charge in [-0.3, -0.25) is 4.99 Å². The van der Waals surface area contributed by atoms with Crippen molar-refractivity contribution < 1.29 is 13.5 Å². The third-order valence-electron chi connectivity index (χ3n) is 2.11. The number of benzene rings is 1. The normalized spacial score (nSPS) is 11.6. The van der Waals surface area contributed by atoms with E-state index in [-0.39, 0.29) is 5.75 Å². The molecule has 1 rings (SSSR count). The van der Waals surface area contributed by atoms with E-state index in [9.17, 15) is 8.78 Å². The Morgan fingerprint density at radius 3 is 2.59 bits per heavy atom. The zero-order chi connectivity index (χ0) is 12.7. The lowest BCUT2D eigenvalue weighted by atomic mass is 10.1. The molecule has 0 spiro atoms. The average Bonchev–Trinajstić information content (AvgIpc) is 2.30. The first kappa shape index (κ1) is 13.2. The molecular formula is C11H15F2N3O. The number of nitrogens with one attached hydrogen (secondary N) is 1. The van der Waals surface area contributed by atoms with Gasteiger partial charge in [0.1, 0.15) is 5.75 Å². The van der Waals surface area contributed by atoms with Gasteiger partial charge in [-0.25, -0.2) is 0 Å². The van der Waals surface area contributed by atoms with Gasteiger partial charge in [0.2, 0.25) is 0 Å². The van der Waals surface area contributed by atoms with Gasteiger partial charge >= 0.3 is 6.61 Å². The maximum Gasteiger partial charge on any atom is 0.387 e. The number of aliphatic imine (C=N–C) groups is 1. The Labute approximate surface area is 98.5 Å². The Hall–Kier alpha value is -1.85. The first-order valence-electron chi connectivity index (χ1n) is 5.11. The minimum absolute atomic E-state index is 0.159. The smallest absolute Gasteiger partial charge is 0.387 e. The summed E-state index contributed by atoms with van der Waals surface area (Å²) >= 11 is 0. The van der Waals surface area contributed by atoms with Gasteiger partial charge < -0.3 is 15.8 Å². The van der Waals surface area contributed by atoms with Crippen molar-refractivity contribution in [1.29, 1.82) is 0 Å². The molecule has 4 nitrogen and oxygen atoms in total. The molecular weight excluding hydrogens is 228 g/mol. The van der Waals surface area contributed by atoms with Gasteiger partial charge in [-0.05, 0) is 24.1 Å². The number of guanidine groups is 1. The maximum absolute atomic E-state index is 11.9. The highest BCUT2D eigenvalue weighted by molar-refractivity contribution is 5.77. The van der Waals surface area contributed by atoms with Crippen molar-refractivity contribution in [1.82, 2.24) is 5.32 Å². The van der Waals surface area contributed by atoms with Crippen LogP contribution in [0, 0.1) is 0 Å². The molecule has 0 aliphatic carbocycles. The summed E-state index contributed by atoms with van der Waals surface area (Å²) in [4.78, 5) is 3.75. The molecule has 3 N–H and O–H groups in total. The Morgan fingerprint density at radius 2 is 2.06 bits per heavy atom. The van der Waals surface area contributed by atoms with E-state index in [4.69, 9.17) is 5.73 Å². The van der Waals surface area contributed by atoms with Crippen LogP contribution in [0.5, 0.6) is 5.75 Å². The number of nitrogens with zero attached hydrogens (tertiary/aromatic N) is 1. The van der Waals surface area contributed by atoms with E-state index >= 15 is 0 Å². The second-order valence-electron chi connectivity index (χ2n) is 3.31. The molecule has 1 aromatic carbocycles. The van der Waals surface area contributed by atoms with Gasteiger partial charge in [0.05, 0.1) is 0 Å². The van der Waals surface area contributed by atoms with Crippen molar-refractivity contribution >= 4 is 5.96 Å². The predicted octanol–water partition coefficient (Wildman–Crippen LogP) is 1.36. The van der Waals surface area contributed by atoms with Crippen molar-refractivity contribution in [2.75, 3.05) is 13.6 Å². The molecule has 0 saturated carbocycles. The van der Waals surface area contributed by atoms with Gasteiger partial charge in [0.25, 0.3) is 0 Å². The fourth-order valence-corrected chi connectivity index (χ4v) is 1.25. The van der Waals surface area contributed by atoms with E-state index in [2.05, 4.69) is 15.0 Å². The Kier molecular flexibility index (Phi) is 5.19. The van der Waals surface area contributed by atoms with Crippen molar-refractivity contribution in [2.24, 2.45) is 10.7 Å². The molecule has 17 heavy (non-hydrogen) atoms. The third kappa shape index (κ3) is 5.14. The van der Waals surface area contributed by atoms with E-state index < -0.39 is 6.61 Å². The standard InChI is InChI=1S/C11H15F2N3O/c1-15-11(14)16-7-6-8-2-4-9(5-3-8)17-10(12)13/h2-5,10H,6-7H2,1H3,(H3,14,15,16). The topological polar surface area (TPSA) is 59.6 Å². The zero-order valence-corrected chi connectivity index (χ0v) is 9.49. The zero-order valence-electron chi connectivity index (χ0n) is 9.49. The SMILES string of the molecule is CN=C(N)NCCc1ccc(OC(F)F)cc1. The Bertz CT molecular complexity index is 365. The minimum atomic E-state index is -2.79. The molecule has 0 aliphatic rings. The van der Waals surface area contributed by atoms with Crippen LogP contribution >= 0.6 is 0 Å². The molecule has 6 heteroatoms. The van der Waals surface area contributed by atoms with Crippen molar-refractivity contribution in [3.05, 3.63) is 29.8 Å². The Morgan fingerprint density at radius 1 is 1.41 bits per heavy atom. The molecule has 0 bridgehead atoms. The highest BCUT2D eigenvalue weighted by Gasteiger charge is 2.03. The summed E-state index contributed by atoms with van der Waals surface area (Å²) in [5.74, 6) is 0.536. The van der Waals surface area contributed by atoms with Gasteiger partial charge in [-0.2, -0.15) is 8.78 Å². The molecule has 0 unspecified atom stereocenters. The summed E-state index contributed by atoms with van der Waals surface area (Å²) in [7, 11) is 1.60. The third-order valence-corrected chi connectivity index (χ3v) is 2.11. The lowest BCUT2D eigenvalue weighted by Crippen LogP contribution is -2.32. The van der Waals surface area contributed by atoms with Gasteiger partial charge in [0, 0.05) is 13.6 Å². The van der Waals surface area contributed by atoms with Crippen LogP contribution in [0.3, 0.4) is 0 Å². The van der Waals surface area contributed by atoms with Crippen LogP contribution in [0.15, 0.2) is 29.3 Å². The number of rotatable bonds is 5. The number of ether oxygens (including phenoxy) is 1. The first-order valence-corrected chi connectivity index (χ1v) is 5.11. The summed E-state index contributed by atoms with van der Waals surface area (Å²) in [6, 6.07) is 6.49. The summed E-state index contributed by atoms with van der Waals surface area (Å²) < 4.78 is 28.0. The number of nitrogens with two attached hydrogens (primary N) is 1. The average molecular weight is 243 g/mol. The molecule has 0 amide bonds. The Balaban J connectivity index is 2.40. The predicted molar refractivity (Wildman–Crippen MR) is 62.3 cm³/mol. The van der Waals surface area contributed by atoms with Gasteiger partial charge in [0.15, 0.2) is 5.96 Å². The summed E-state index contributed by atoms with van der Waals surface area (Å²) in [6.07, 6.45) is 0.727. The van der Waals surface area contributed by atoms with Gasteiger partial charge in [-0.1, -0.05) is 12.1 Å². The van der Waals surface area contributed by atoms with E-state index in [1.54, 1.807) is 19.2 Å². The van der Waals surface area contributed by atoms with Crippen LogP contribution in [0.4, 0.5) is 8.78 Å². The molecule has 0 aromatic heterocycles. The van der Waals surface area contributed by atoms with E-state index in [1.807, 2.05) is 0 Å². The van der Waals surface area contributed by atoms with Crippen LogP contribution < -0.4 is 15.8 Å². The second kappa shape index (κ2) is 6.67. The summed E-state index contributed by atoms with van der Waals surface area (Å²) in [6.45, 7) is -2.15. The fourth-order valence-electron chi connectivity index (χ4n) is 1.25. The van der Waals surface area contributed by atoms with Crippen LogP contribution in [-0.4, -0.2) is 26.2 Å².